The van der Waals surface area contributed by atoms with Crippen molar-refractivity contribution in [2.24, 2.45) is 0 Å². The summed E-state index contributed by atoms with van der Waals surface area (Å²) in [5.41, 5.74) is 0. The average Bonchev–Trinajstić information content (AvgIpc) is 2.56. The van der Waals surface area contributed by atoms with Crippen LogP contribution in [0, 0.1) is 0 Å². The van der Waals surface area contributed by atoms with Crippen molar-refractivity contribution in [3.63, 3.8) is 0 Å². The molecule has 0 aliphatic carbocycles. The molecule has 0 aromatic heterocycles. The average molecular weight is 339 g/mol. The molecule has 0 radical (unpaired) electrons. The lowest BCUT2D eigenvalue weighted by Crippen LogP contribution is -2.62. The minimum Gasteiger partial charge on any atom is -0.108 e. The minimum atomic E-state index is -2.07. The van der Waals surface area contributed by atoms with Gasteiger partial charge in [-0.15, -0.1) is 15.3 Å². The van der Waals surface area contributed by atoms with Crippen LogP contribution < -0.4 is 15.6 Å². The smallest absolute Gasteiger partial charge is 0.108 e. The zero-order valence-corrected chi connectivity index (χ0v) is 13.6. The van der Waals surface area contributed by atoms with Gasteiger partial charge >= 0.3 is 0 Å². The highest BCUT2D eigenvalue weighted by atomic mass is 79.9. The molecule has 0 aliphatic rings. The van der Waals surface area contributed by atoms with Crippen LogP contribution in [0.3, 0.4) is 0 Å². The van der Waals surface area contributed by atoms with Gasteiger partial charge in [-0.3, -0.25) is 0 Å². The van der Waals surface area contributed by atoms with Crippen LogP contribution in [0.25, 0.3) is 0 Å². The highest BCUT2D eigenvalue weighted by Crippen LogP contribution is 2.13. The molecule has 0 saturated carbocycles. The van der Waals surface area contributed by atoms with Crippen LogP contribution in [0.5, 0.6) is 0 Å². The highest BCUT2D eigenvalue weighted by molar-refractivity contribution is 9.27. The summed E-state index contributed by atoms with van der Waals surface area (Å²) < 4.78 is 0. The van der Waals surface area contributed by atoms with Gasteiger partial charge in [0.05, 0.1) is 0 Å². The zero-order chi connectivity index (χ0) is 13.8. The molecule has 0 atom stereocenters. The Hall–Kier alpha value is -1.64. The predicted octanol–water partition coefficient (Wildman–Crippen LogP) is 3.05. The summed E-state index contributed by atoms with van der Waals surface area (Å²) in [6, 6.07) is 32.2. The second-order valence-corrected chi connectivity index (χ2v) is 11.4. The van der Waals surface area contributed by atoms with Gasteiger partial charge < -0.3 is 0 Å². The Balaban J connectivity index is 2.24. The first kappa shape index (κ1) is 13.3. The van der Waals surface area contributed by atoms with Crippen molar-refractivity contribution in [3.8, 4) is 0 Å². The first-order chi connectivity index (χ1) is 9.82. The van der Waals surface area contributed by atoms with Crippen molar-refractivity contribution >= 4 is 37.5 Å². The van der Waals surface area contributed by atoms with E-state index in [4.69, 9.17) is 0 Å². The molecule has 20 heavy (non-hydrogen) atoms. The number of halogens is 1. The van der Waals surface area contributed by atoms with Gasteiger partial charge in [-0.05, 0) is 15.6 Å². The zero-order valence-electron chi connectivity index (χ0n) is 11.0. The van der Waals surface area contributed by atoms with Crippen LogP contribution in [0.15, 0.2) is 91.0 Å². The molecular weight excluding hydrogens is 324 g/mol. The fourth-order valence-electron chi connectivity index (χ4n) is 2.50. The lowest BCUT2D eigenvalue weighted by molar-refractivity contribution is 1.70. The first-order valence-corrected chi connectivity index (χ1v) is 10.9. The standard InChI is InChI=1S/C18H15BrSi/c19-20(16-10-4-1-5-11-16,17-12-6-2-7-13-17)18-14-8-3-9-15-18/h1-15H. The Morgan fingerprint density at radius 2 is 0.700 bits per heavy atom. The predicted molar refractivity (Wildman–Crippen MR) is 92.9 cm³/mol. The summed E-state index contributed by atoms with van der Waals surface area (Å²) in [5, 5.41) is 4.12. The largest absolute Gasteiger partial charge is 0.221 e. The molecular formula is C18H15BrSi. The highest BCUT2D eigenvalue weighted by Gasteiger charge is 2.36. The molecule has 0 heterocycles. The van der Waals surface area contributed by atoms with E-state index in [1.807, 2.05) is 0 Å². The van der Waals surface area contributed by atoms with Crippen LogP contribution in [-0.4, -0.2) is 6.69 Å². The summed E-state index contributed by atoms with van der Waals surface area (Å²) >= 11 is 4.15. The molecule has 3 aromatic carbocycles. The van der Waals surface area contributed by atoms with Gasteiger partial charge in [0.15, 0.2) is 0 Å². The Morgan fingerprint density at radius 3 is 0.950 bits per heavy atom. The summed E-state index contributed by atoms with van der Waals surface area (Å²) in [6.07, 6.45) is 0. The number of hydrogen-bond donors (Lipinski definition) is 0. The summed E-state index contributed by atoms with van der Waals surface area (Å²) in [7, 11) is 0. The van der Waals surface area contributed by atoms with E-state index >= 15 is 0 Å². The lowest BCUT2D eigenvalue weighted by atomic mass is 10.3. The Bertz CT molecular complexity index is 569. The fraction of sp³-hybridized carbons (Fsp3) is 0. The molecule has 0 bridgehead atoms. The summed E-state index contributed by atoms with van der Waals surface area (Å²) in [5.74, 6) is 0. The van der Waals surface area contributed by atoms with Crippen molar-refractivity contribution in [2.75, 3.05) is 0 Å². The van der Waals surface area contributed by atoms with E-state index in [1.54, 1.807) is 0 Å². The molecule has 0 nitrogen and oxygen atoms in total. The van der Waals surface area contributed by atoms with E-state index in [0.717, 1.165) is 0 Å². The molecule has 0 unspecified atom stereocenters. The third kappa shape index (κ3) is 2.37. The molecule has 3 aromatic rings. The van der Waals surface area contributed by atoms with E-state index in [2.05, 4.69) is 106 Å². The van der Waals surface area contributed by atoms with Gasteiger partial charge in [0.25, 0.3) is 0 Å². The molecule has 0 spiro atoms. The van der Waals surface area contributed by atoms with Crippen molar-refractivity contribution in [3.05, 3.63) is 91.0 Å². The molecule has 0 amide bonds. The van der Waals surface area contributed by atoms with Crippen molar-refractivity contribution in [2.45, 2.75) is 0 Å². The van der Waals surface area contributed by atoms with Gasteiger partial charge in [-0.25, -0.2) is 0 Å². The van der Waals surface area contributed by atoms with Crippen molar-refractivity contribution < 1.29 is 0 Å². The van der Waals surface area contributed by atoms with E-state index in [-0.39, 0.29) is 0 Å². The van der Waals surface area contributed by atoms with Crippen molar-refractivity contribution in [1.29, 1.82) is 0 Å². The Kier molecular flexibility index (Phi) is 3.85. The molecule has 0 N–H and O–H groups in total. The maximum Gasteiger partial charge on any atom is 0.221 e. The van der Waals surface area contributed by atoms with Gasteiger partial charge in [-0.1, -0.05) is 91.0 Å². The second kappa shape index (κ2) is 5.78. The first-order valence-electron chi connectivity index (χ1n) is 6.67. The molecule has 0 fully saturated rings. The number of benzene rings is 3. The SMILES string of the molecule is Br[Si](c1ccccc1)(c1ccccc1)c1ccccc1. The lowest BCUT2D eigenvalue weighted by Gasteiger charge is -2.27. The van der Waals surface area contributed by atoms with Gasteiger partial charge in [0.2, 0.25) is 6.69 Å². The number of rotatable bonds is 3. The molecule has 2 heteroatoms. The quantitative estimate of drug-likeness (QED) is 0.391. The Morgan fingerprint density at radius 1 is 0.450 bits per heavy atom. The maximum atomic E-state index is 4.15. The fourth-order valence-corrected chi connectivity index (χ4v) is 7.84. The molecule has 3 rings (SSSR count). The normalized spacial score (nSPS) is 11.2. The molecule has 0 saturated heterocycles. The minimum absolute atomic E-state index is 1.37. The number of hydrogen-bond acceptors (Lipinski definition) is 0. The van der Waals surface area contributed by atoms with Crippen LogP contribution in [0.2, 0.25) is 0 Å². The van der Waals surface area contributed by atoms with Gasteiger partial charge in [0, 0.05) is 0 Å². The van der Waals surface area contributed by atoms with Crippen LogP contribution in [0.4, 0.5) is 0 Å². The molecule has 98 valence electrons. The van der Waals surface area contributed by atoms with Crippen molar-refractivity contribution in [1.82, 2.24) is 0 Å². The summed E-state index contributed by atoms with van der Waals surface area (Å²) in [4.78, 5) is 0. The van der Waals surface area contributed by atoms with E-state index in [1.165, 1.54) is 15.6 Å². The van der Waals surface area contributed by atoms with Crippen LogP contribution >= 0.6 is 15.3 Å². The van der Waals surface area contributed by atoms with E-state index in [0.29, 0.717) is 0 Å². The van der Waals surface area contributed by atoms with E-state index in [9.17, 15) is 0 Å². The third-order valence-corrected chi connectivity index (χ3v) is 11.0. The van der Waals surface area contributed by atoms with E-state index < -0.39 is 6.69 Å². The van der Waals surface area contributed by atoms with Crippen LogP contribution in [0.1, 0.15) is 0 Å². The maximum absolute atomic E-state index is 4.15. The van der Waals surface area contributed by atoms with Gasteiger partial charge in [0.1, 0.15) is 0 Å². The van der Waals surface area contributed by atoms with Gasteiger partial charge in [-0.2, -0.15) is 0 Å². The summed E-state index contributed by atoms with van der Waals surface area (Å²) in [6.45, 7) is -2.07. The second-order valence-electron chi connectivity index (χ2n) is 4.76. The molecule has 0 aliphatic heterocycles. The van der Waals surface area contributed by atoms with Crippen LogP contribution in [-0.2, 0) is 0 Å². The monoisotopic (exact) mass is 338 g/mol. The topological polar surface area (TPSA) is 0 Å². The Labute approximate surface area is 128 Å². The third-order valence-electron chi connectivity index (χ3n) is 3.51.